The zero-order valence-corrected chi connectivity index (χ0v) is 9.32. The van der Waals surface area contributed by atoms with Crippen molar-refractivity contribution in [3.63, 3.8) is 0 Å². The molecule has 76 valence electrons. The molecule has 1 aliphatic rings. The van der Waals surface area contributed by atoms with Gasteiger partial charge in [0.1, 0.15) is 5.75 Å². The molecule has 0 spiro atoms. The second-order valence-electron chi connectivity index (χ2n) is 3.39. The van der Waals surface area contributed by atoms with E-state index in [0.717, 1.165) is 5.69 Å². The third kappa shape index (κ3) is 2.07. The van der Waals surface area contributed by atoms with Crippen LogP contribution in [0.4, 0.5) is 5.69 Å². The quantitative estimate of drug-likeness (QED) is 0.859. The molecule has 1 aromatic carbocycles. The number of ether oxygens (including phenoxy) is 1. The predicted molar refractivity (Wildman–Crippen MR) is 59.7 cm³/mol. The zero-order chi connectivity index (χ0) is 10.1. The zero-order valence-electron chi connectivity index (χ0n) is 7.81. The van der Waals surface area contributed by atoms with Crippen molar-refractivity contribution in [1.82, 2.24) is 0 Å². The fourth-order valence-electron chi connectivity index (χ4n) is 1.24. The van der Waals surface area contributed by atoms with Gasteiger partial charge in [-0.15, -0.1) is 0 Å². The Kier molecular flexibility index (Phi) is 2.75. The number of anilines is 1. The number of hydrogen-bond donors (Lipinski definition) is 1. The average Bonchev–Trinajstić information content (AvgIpc) is 2.94. The van der Waals surface area contributed by atoms with Gasteiger partial charge in [0, 0.05) is 12.1 Å². The van der Waals surface area contributed by atoms with Crippen molar-refractivity contribution in [2.45, 2.75) is 18.9 Å². The van der Waals surface area contributed by atoms with E-state index in [0.29, 0.717) is 21.8 Å². The van der Waals surface area contributed by atoms with Gasteiger partial charge in [0.05, 0.1) is 22.8 Å². The van der Waals surface area contributed by atoms with Gasteiger partial charge >= 0.3 is 0 Å². The first-order valence-corrected chi connectivity index (χ1v) is 5.26. The molecule has 0 saturated heterocycles. The lowest BCUT2D eigenvalue weighted by Gasteiger charge is -2.10. The summed E-state index contributed by atoms with van der Waals surface area (Å²) < 4.78 is 5.06. The maximum absolute atomic E-state index is 6.05. The summed E-state index contributed by atoms with van der Waals surface area (Å²) in [6, 6.07) is 4.10. The Morgan fingerprint density at radius 3 is 2.57 bits per heavy atom. The number of nitrogens with one attached hydrogen (secondary N) is 1. The van der Waals surface area contributed by atoms with E-state index in [1.807, 2.05) is 0 Å². The first-order chi connectivity index (χ1) is 6.70. The van der Waals surface area contributed by atoms with E-state index in [-0.39, 0.29) is 0 Å². The summed E-state index contributed by atoms with van der Waals surface area (Å²) in [5.41, 5.74) is 0.889. The third-order valence-electron chi connectivity index (χ3n) is 2.18. The number of methoxy groups -OCH3 is 1. The summed E-state index contributed by atoms with van der Waals surface area (Å²) in [7, 11) is 1.57. The average molecular weight is 232 g/mol. The molecule has 1 N–H and O–H groups in total. The summed E-state index contributed by atoms with van der Waals surface area (Å²) in [6.07, 6.45) is 2.42. The molecule has 2 rings (SSSR count). The SMILES string of the molecule is COc1cc(Cl)c(NC2CC2)cc1Cl. The summed E-state index contributed by atoms with van der Waals surface area (Å²) in [6.45, 7) is 0. The number of hydrogen-bond acceptors (Lipinski definition) is 2. The topological polar surface area (TPSA) is 21.3 Å². The Labute approximate surface area is 93.2 Å². The van der Waals surface area contributed by atoms with Crippen LogP contribution in [0, 0.1) is 0 Å². The highest BCUT2D eigenvalue weighted by molar-refractivity contribution is 6.36. The van der Waals surface area contributed by atoms with Crippen molar-refractivity contribution >= 4 is 28.9 Å². The molecule has 2 nitrogen and oxygen atoms in total. The van der Waals surface area contributed by atoms with Crippen molar-refractivity contribution < 1.29 is 4.74 Å². The maximum Gasteiger partial charge on any atom is 0.139 e. The molecule has 0 atom stereocenters. The molecular formula is C10H11Cl2NO. The van der Waals surface area contributed by atoms with Crippen molar-refractivity contribution in [2.75, 3.05) is 12.4 Å². The van der Waals surface area contributed by atoms with Gasteiger partial charge in [0.25, 0.3) is 0 Å². The molecule has 0 radical (unpaired) electrons. The molecular weight excluding hydrogens is 221 g/mol. The highest BCUT2D eigenvalue weighted by atomic mass is 35.5. The van der Waals surface area contributed by atoms with Crippen LogP contribution in [0.25, 0.3) is 0 Å². The maximum atomic E-state index is 6.05. The molecule has 1 aliphatic carbocycles. The minimum atomic E-state index is 0.567. The summed E-state index contributed by atoms with van der Waals surface area (Å²) in [5, 5.41) is 4.54. The van der Waals surface area contributed by atoms with Gasteiger partial charge in [-0.1, -0.05) is 23.2 Å². The number of halogens is 2. The van der Waals surface area contributed by atoms with Crippen LogP contribution in [0.2, 0.25) is 10.0 Å². The van der Waals surface area contributed by atoms with E-state index in [2.05, 4.69) is 5.32 Å². The molecule has 1 saturated carbocycles. The van der Waals surface area contributed by atoms with Crippen LogP contribution in [-0.2, 0) is 0 Å². The van der Waals surface area contributed by atoms with Gasteiger partial charge in [0.15, 0.2) is 0 Å². The third-order valence-corrected chi connectivity index (χ3v) is 2.79. The number of rotatable bonds is 3. The van der Waals surface area contributed by atoms with Crippen LogP contribution in [0.15, 0.2) is 12.1 Å². The standard InChI is InChI=1S/C10H11Cl2NO/c1-14-10-5-7(11)9(4-8(10)12)13-6-2-3-6/h4-6,13H,2-3H2,1H3. The van der Waals surface area contributed by atoms with Crippen molar-refractivity contribution in [3.8, 4) is 5.75 Å². The van der Waals surface area contributed by atoms with Crippen LogP contribution >= 0.6 is 23.2 Å². The lowest BCUT2D eigenvalue weighted by Crippen LogP contribution is -2.01. The first-order valence-electron chi connectivity index (χ1n) is 4.50. The highest BCUT2D eigenvalue weighted by Gasteiger charge is 2.22. The second-order valence-corrected chi connectivity index (χ2v) is 4.20. The van der Waals surface area contributed by atoms with Crippen LogP contribution in [0.1, 0.15) is 12.8 Å². The fraction of sp³-hybridized carbons (Fsp3) is 0.400. The molecule has 0 unspecified atom stereocenters. The van der Waals surface area contributed by atoms with Gasteiger partial charge in [-0.25, -0.2) is 0 Å². The smallest absolute Gasteiger partial charge is 0.139 e. The minimum absolute atomic E-state index is 0.567. The Balaban J connectivity index is 2.26. The van der Waals surface area contributed by atoms with Gasteiger partial charge < -0.3 is 10.1 Å². The van der Waals surface area contributed by atoms with E-state index >= 15 is 0 Å². The summed E-state index contributed by atoms with van der Waals surface area (Å²) in [4.78, 5) is 0. The van der Waals surface area contributed by atoms with Crippen LogP contribution in [0.5, 0.6) is 5.75 Å². The molecule has 0 heterocycles. The van der Waals surface area contributed by atoms with Gasteiger partial charge in [-0.3, -0.25) is 0 Å². The van der Waals surface area contributed by atoms with E-state index in [9.17, 15) is 0 Å². The second kappa shape index (κ2) is 3.87. The first kappa shape index (κ1) is 9.94. The van der Waals surface area contributed by atoms with Crippen LogP contribution in [0.3, 0.4) is 0 Å². The fourth-order valence-corrected chi connectivity index (χ4v) is 1.69. The van der Waals surface area contributed by atoms with E-state index < -0.39 is 0 Å². The Morgan fingerprint density at radius 2 is 2.00 bits per heavy atom. The minimum Gasteiger partial charge on any atom is -0.495 e. The number of benzene rings is 1. The molecule has 1 aromatic rings. The van der Waals surface area contributed by atoms with Crippen molar-refractivity contribution in [3.05, 3.63) is 22.2 Å². The lowest BCUT2D eigenvalue weighted by atomic mass is 10.3. The monoisotopic (exact) mass is 231 g/mol. The molecule has 0 aliphatic heterocycles. The molecule has 1 fully saturated rings. The molecule has 0 amide bonds. The Hall–Kier alpha value is -0.600. The van der Waals surface area contributed by atoms with E-state index in [4.69, 9.17) is 27.9 Å². The predicted octanol–water partition coefficient (Wildman–Crippen LogP) is 3.58. The van der Waals surface area contributed by atoms with Crippen molar-refractivity contribution in [2.24, 2.45) is 0 Å². The normalized spacial score (nSPS) is 15.4. The van der Waals surface area contributed by atoms with Crippen molar-refractivity contribution in [1.29, 1.82) is 0 Å². The molecule has 14 heavy (non-hydrogen) atoms. The van der Waals surface area contributed by atoms with Crippen LogP contribution in [-0.4, -0.2) is 13.2 Å². The van der Waals surface area contributed by atoms with E-state index in [1.165, 1.54) is 12.8 Å². The largest absolute Gasteiger partial charge is 0.495 e. The Morgan fingerprint density at radius 1 is 1.29 bits per heavy atom. The molecule has 0 aromatic heterocycles. The molecule has 4 heteroatoms. The van der Waals surface area contributed by atoms with Crippen LogP contribution < -0.4 is 10.1 Å². The lowest BCUT2D eigenvalue weighted by molar-refractivity contribution is 0.415. The molecule has 0 bridgehead atoms. The Bertz CT molecular complexity index is 350. The van der Waals surface area contributed by atoms with Gasteiger partial charge in [0.2, 0.25) is 0 Å². The highest BCUT2D eigenvalue weighted by Crippen LogP contribution is 2.36. The summed E-state index contributed by atoms with van der Waals surface area (Å²) in [5.74, 6) is 0.609. The van der Waals surface area contributed by atoms with Gasteiger partial charge in [-0.05, 0) is 18.9 Å². The summed E-state index contributed by atoms with van der Waals surface area (Å²) >= 11 is 12.0. The van der Waals surface area contributed by atoms with Gasteiger partial charge in [-0.2, -0.15) is 0 Å². The van der Waals surface area contributed by atoms with E-state index in [1.54, 1.807) is 19.2 Å².